The molecule has 3 rings (SSSR count). The summed E-state index contributed by atoms with van der Waals surface area (Å²) in [5, 5.41) is 3.17. The van der Waals surface area contributed by atoms with E-state index < -0.39 is 24.0 Å². The fraction of sp³-hybridized carbons (Fsp3) is 0.357. The Kier molecular flexibility index (Phi) is 9.05. The average molecular weight is 464 g/mol. The van der Waals surface area contributed by atoms with Gasteiger partial charge in [0.2, 0.25) is 0 Å². The number of esters is 2. The van der Waals surface area contributed by atoms with Crippen molar-refractivity contribution in [2.75, 3.05) is 7.11 Å². The fourth-order valence-electron chi connectivity index (χ4n) is 3.69. The first-order chi connectivity index (χ1) is 16.4. The third kappa shape index (κ3) is 7.32. The maximum absolute atomic E-state index is 12.9. The fourth-order valence-corrected chi connectivity index (χ4v) is 3.69. The number of nitrogens with one attached hydrogen (secondary N) is 1. The molecule has 2 atom stereocenters. The first-order valence-corrected chi connectivity index (χ1v) is 11.6. The Hall–Kier alpha value is -3.38. The first kappa shape index (κ1) is 25.2. The highest BCUT2D eigenvalue weighted by molar-refractivity contribution is 5.80. The number of carbonyl (C=O) groups excluding carboxylic acids is 2. The van der Waals surface area contributed by atoms with E-state index in [1.54, 1.807) is 0 Å². The van der Waals surface area contributed by atoms with Crippen molar-refractivity contribution in [3.05, 3.63) is 83.6 Å². The minimum absolute atomic E-state index is 0.178. The van der Waals surface area contributed by atoms with Crippen LogP contribution in [-0.2, 0) is 32.1 Å². The summed E-state index contributed by atoms with van der Waals surface area (Å²) in [5.74, 6) is 0.708. The molecule has 6 heteroatoms. The molecular weight excluding hydrogens is 430 g/mol. The van der Waals surface area contributed by atoms with Gasteiger partial charge >= 0.3 is 11.9 Å². The van der Waals surface area contributed by atoms with Gasteiger partial charge in [0.05, 0.1) is 7.11 Å². The molecule has 0 aliphatic rings. The smallest absolute Gasteiger partial charge is 0.323 e. The number of carbonyl (C=O) groups is 2. The van der Waals surface area contributed by atoms with Crippen LogP contribution in [0.15, 0.2) is 71.1 Å². The van der Waals surface area contributed by atoms with Crippen LogP contribution < -0.4 is 5.32 Å². The second-order valence-corrected chi connectivity index (χ2v) is 8.85. The molecule has 2 aromatic carbocycles. The zero-order valence-corrected chi connectivity index (χ0v) is 20.2. The maximum atomic E-state index is 12.9. The molecule has 1 aromatic heterocycles. The summed E-state index contributed by atoms with van der Waals surface area (Å²) in [7, 11) is 1.34. The van der Waals surface area contributed by atoms with Gasteiger partial charge in [0.15, 0.2) is 0 Å². The molecule has 34 heavy (non-hydrogen) atoms. The van der Waals surface area contributed by atoms with Crippen LogP contribution in [0, 0.1) is 12.8 Å². The number of methoxy groups -OCH3 is 1. The summed E-state index contributed by atoms with van der Waals surface area (Å²) in [6.07, 6.45) is 0.771. The van der Waals surface area contributed by atoms with Crippen LogP contribution in [0.1, 0.15) is 37.2 Å². The minimum atomic E-state index is -0.755. The topological polar surface area (TPSA) is 77.8 Å². The van der Waals surface area contributed by atoms with E-state index in [1.807, 2.05) is 87.5 Å². The van der Waals surface area contributed by atoms with E-state index in [4.69, 9.17) is 13.9 Å². The predicted octanol–water partition coefficient (Wildman–Crippen LogP) is 5.09. The lowest BCUT2D eigenvalue weighted by atomic mass is 10.0. The summed E-state index contributed by atoms with van der Waals surface area (Å²) in [5.41, 5.74) is 3.03. The van der Waals surface area contributed by atoms with Crippen LogP contribution in [0.5, 0.6) is 0 Å². The SMILES string of the molecule is COC(=O)[C@H](Cc1ccc(-c2ccc(C)cc2)o1)NC(CC(C)C)C(=O)OCc1ccccc1. The van der Waals surface area contributed by atoms with Crippen molar-refractivity contribution in [1.82, 2.24) is 5.32 Å². The Labute approximate surface area is 201 Å². The molecule has 0 amide bonds. The summed E-state index contributed by atoms with van der Waals surface area (Å²) >= 11 is 0. The van der Waals surface area contributed by atoms with E-state index in [-0.39, 0.29) is 18.9 Å². The van der Waals surface area contributed by atoms with Crippen molar-refractivity contribution in [2.45, 2.75) is 52.3 Å². The normalized spacial score (nSPS) is 12.9. The van der Waals surface area contributed by atoms with Gasteiger partial charge in [0.25, 0.3) is 0 Å². The number of ether oxygens (including phenoxy) is 2. The molecule has 0 aliphatic heterocycles. The lowest BCUT2D eigenvalue weighted by Gasteiger charge is -2.24. The van der Waals surface area contributed by atoms with Crippen LogP contribution in [0.4, 0.5) is 0 Å². The molecule has 1 unspecified atom stereocenters. The third-order valence-corrected chi connectivity index (χ3v) is 5.51. The summed E-state index contributed by atoms with van der Waals surface area (Å²) in [6, 6.07) is 19.9. The van der Waals surface area contributed by atoms with Gasteiger partial charge in [0.1, 0.15) is 30.2 Å². The summed E-state index contributed by atoms with van der Waals surface area (Å²) < 4.78 is 16.6. The minimum Gasteiger partial charge on any atom is -0.468 e. The van der Waals surface area contributed by atoms with Crippen LogP contribution in [0.2, 0.25) is 0 Å². The van der Waals surface area contributed by atoms with Crippen molar-refractivity contribution >= 4 is 11.9 Å². The van der Waals surface area contributed by atoms with Gasteiger partial charge in [-0.1, -0.05) is 74.0 Å². The van der Waals surface area contributed by atoms with Crippen LogP contribution >= 0.6 is 0 Å². The van der Waals surface area contributed by atoms with E-state index in [0.29, 0.717) is 12.2 Å². The number of rotatable bonds is 11. The zero-order valence-electron chi connectivity index (χ0n) is 20.2. The predicted molar refractivity (Wildman–Crippen MR) is 131 cm³/mol. The largest absolute Gasteiger partial charge is 0.468 e. The van der Waals surface area contributed by atoms with Crippen molar-refractivity contribution in [2.24, 2.45) is 5.92 Å². The quantitative estimate of drug-likeness (QED) is 0.399. The molecule has 0 aliphatic carbocycles. The second kappa shape index (κ2) is 12.2. The molecule has 0 radical (unpaired) electrons. The standard InChI is InChI=1S/C28H33NO5/c1-19(2)16-24(28(31)33-18-21-8-6-5-7-9-21)29-25(27(30)32-4)17-23-14-15-26(34-23)22-12-10-20(3)11-13-22/h5-15,19,24-25,29H,16-18H2,1-4H3/t24?,25-/m0/s1. The molecule has 1 N–H and O–H groups in total. The molecule has 0 bridgehead atoms. The molecule has 1 heterocycles. The van der Waals surface area contributed by atoms with Crippen molar-refractivity contribution in [3.8, 4) is 11.3 Å². The Morgan fingerprint density at radius 3 is 2.26 bits per heavy atom. The maximum Gasteiger partial charge on any atom is 0.323 e. The number of hydrogen-bond acceptors (Lipinski definition) is 6. The molecule has 0 fully saturated rings. The van der Waals surface area contributed by atoms with Crippen LogP contribution in [0.3, 0.4) is 0 Å². The molecular formula is C28H33NO5. The molecule has 6 nitrogen and oxygen atoms in total. The molecule has 0 spiro atoms. The van der Waals surface area contributed by atoms with Gasteiger partial charge in [-0.2, -0.15) is 0 Å². The van der Waals surface area contributed by atoms with Crippen LogP contribution in [0.25, 0.3) is 11.3 Å². The highest BCUT2D eigenvalue weighted by Crippen LogP contribution is 2.23. The summed E-state index contributed by atoms with van der Waals surface area (Å²) in [6.45, 7) is 6.25. The van der Waals surface area contributed by atoms with Gasteiger partial charge < -0.3 is 13.9 Å². The number of hydrogen-bond donors (Lipinski definition) is 1. The van der Waals surface area contributed by atoms with E-state index >= 15 is 0 Å². The van der Waals surface area contributed by atoms with Crippen LogP contribution in [-0.4, -0.2) is 31.1 Å². The number of aryl methyl sites for hydroxylation is 1. The molecule has 3 aromatic rings. The summed E-state index contributed by atoms with van der Waals surface area (Å²) in [4.78, 5) is 25.5. The molecule has 180 valence electrons. The van der Waals surface area contributed by atoms with Gasteiger partial charge in [-0.3, -0.25) is 14.9 Å². The third-order valence-electron chi connectivity index (χ3n) is 5.51. The van der Waals surface area contributed by atoms with Gasteiger partial charge in [-0.05, 0) is 37.0 Å². The first-order valence-electron chi connectivity index (χ1n) is 11.6. The van der Waals surface area contributed by atoms with Crippen molar-refractivity contribution < 1.29 is 23.5 Å². The monoisotopic (exact) mass is 463 g/mol. The second-order valence-electron chi connectivity index (χ2n) is 8.85. The van der Waals surface area contributed by atoms with E-state index in [2.05, 4.69) is 5.32 Å². The Bertz CT molecular complexity index is 1060. The molecule has 0 saturated carbocycles. The lowest BCUT2D eigenvalue weighted by Crippen LogP contribution is -2.49. The Morgan fingerprint density at radius 2 is 1.62 bits per heavy atom. The Morgan fingerprint density at radius 1 is 0.912 bits per heavy atom. The average Bonchev–Trinajstić information content (AvgIpc) is 3.30. The van der Waals surface area contributed by atoms with Gasteiger partial charge in [0, 0.05) is 12.0 Å². The van der Waals surface area contributed by atoms with E-state index in [9.17, 15) is 9.59 Å². The van der Waals surface area contributed by atoms with Gasteiger partial charge in [-0.25, -0.2) is 0 Å². The number of benzene rings is 2. The zero-order chi connectivity index (χ0) is 24.5. The Balaban J connectivity index is 1.71. The highest BCUT2D eigenvalue weighted by Gasteiger charge is 2.30. The lowest BCUT2D eigenvalue weighted by molar-refractivity contribution is -0.149. The van der Waals surface area contributed by atoms with Gasteiger partial charge in [-0.15, -0.1) is 0 Å². The van der Waals surface area contributed by atoms with E-state index in [1.165, 1.54) is 12.7 Å². The van der Waals surface area contributed by atoms with Crippen molar-refractivity contribution in [3.63, 3.8) is 0 Å². The number of furan rings is 1. The van der Waals surface area contributed by atoms with E-state index in [0.717, 1.165) is 16.9 Å². The molecule has 0 saturated heterocycles. The highest BCUT2D eigenvalue weighted by atomic mass is 16.5. The van der Waals surface area contributed by atoms with Crippen molar-refractivity contribution in [1.29, 1.82) is 0 Å².